The van der Waals surface area contributed by atoms with Crippen molar-refractivity contribution in [1.82, 2.24) is 4.98 Å². The topological polar surface area (TPSA) is 54.5 Å². The van der Waals surface area contributed by atoms with Gasteiger partial charge in [-0.3, -0.25) is 0 Å². The number of aliphatic imine (C=N–C) groups is 1. The number of H-pyrrole nitrogens is 1. The number of aromatic nitrogens is 1. The van der Waals surface area contributed by atoms with Crippen molar-refractivity contribution in [2.45, 2.75) is 19.8 Å². The molecule has 21 heavy (non-hydrogen) atoms. The quantitative estimate of drug-likeness (QED) is 0.690. The smallest absolute Gasteiger partial charge is 0.363 e. The second-order valence-electron chi connectivity index (χ2n) is 4.91. The molecule has 4 nitrogen and oxygen atoms in total. The number of rotatable bonds is 4. The van der Waals surface area contributed by atoms with Crippen LogP contribution in [0.4, 0.5) is 0 Å². The van der Waals surface area contributed by atoms with E-state index in [2.05, 4.69) is 16.9 Å². The summed E-state index contributed by atoms with van der Waals surface area (Å²) in [4.78, 5) is 19.1. The molecule has 0 fully saturated rings. The molecular formula is C17H16N2O2. The van der Waals surface area contributed by atoms with Gasteiger partial charge in [0.05, 0.1) is 0 Å². The molecule has 1 aliphatic rings. The summed E-state index contributed by atoms with van der Waals surface area (Å²) in [7, 11) is 0. The lowest BCUT2D eigenvalue weighted by atomic mass is 10.1. The molecule has 0 bridgehead atoms. The second kappa shape index (κ2) is 5.79. The van der Waals surface area contributed by atoms with E-state index in [4.69, 9.17) is 4.74 Å². The van der Waals surface area contributed by atoms with Gasteiger partial charge in [0, 0.05) is 17.5 Å². The molecule has 1 aliphatic heterocycles. The highest BCUT2D eigenvalue weighted by molar-refractivity contribution is 6.12. The molecule has 3 rings (SSSR count). The predicted molar refractivity (Wildman–Crippen MR) is 81.8 cm³/mol. The first-order valence-corrected chi connectivity index (χ1v) is 7.01. The SMILES string of the molecule is CCCc1ccc(C2=NC(=Cc3ccc[nH]3)C(=O)O2)cc1. The number of hydrogen-bond acceptors (Lipinski definition) is 3. The van der Waals surface area contributed by atoms with E-state index >= 15 is 0 Å². The van der Waals surface area contributed by atoms with E-state index in [1.165, 1.54) is 5.56 Å². The Morgan fingerprint density at radius 3 is 2.71 bits per heavy atom. The molecule has 0 saturated carbocycles. The zero-order valence-corrected chi connectivity index (χ0v) is 11.8. The highest BCUT2D eigenvalue weighted by Gasteiger charge is 2.24. The van der Waals surface area contributed by atoms with Crippen LogP contribution < -0.4 is 0 Å². The molecule has 0 spiro atoms. The van der Waals surface area contributed by atoms with Crippen molar-refractivity contribution in [3.63, 3.8) is 0 Å². The third-order valence-corrected chi connectivity index (χ3v) is 3.27. The molecule has 1 aromatic heterocycles. The fourth-order valence-electron chi connectivity index (χ4n) is 2.22. The number of hydrogen-bond donors (Lipinski definition) is 1. The van der Waals surface area contributed by atoms with Crippen LogP contribution in [0, 0.1) is 0 Å². The summed E-state index contributed by atoms with van der Waals surface area (Å²) >= 11 is 0. The summed E-state index contributed by atoms with van der Waals surface area (Å²) in [6, 6.07) is 11.7. The maximum Gasteiger partial charge on any atom is 0.363 e. The highest BCUT2D eigenvalue weighted by atomic mass is 16.6. The van der Waals surface area contributed by atoms with Crippen molar-refractivity contribution >= 4 is 17.9 Å². The van der Waals surface area contributed by atoms with Gasteiger partial charge in [0.1, 0.15) is 0 Å². The van der Waals surface area contributed by atoms with E-state index in [1.807, 2.05) is 36.4 Å². The maximum absolute atomic E-state index is 11.8. The monoisotopic (exact) mass is 280 g/mol. The molecular weight excluding hydrogens is 264 g/mol. The van der Waals surface area contributed by atoms with Gasteiger partial charge in [-0.2, -0.15) is 0 Å². The average molecular weight is 280 g/mol. The van der Waals surface area contributed by atoms with E-state index in [-0.39, 0.29) is 0 Å². The number of ether oxygens (including phenoxy) is 1. The molecule has 1 aromatic carbocycles. The van der Waals surface area contributed by atoms with Gasteiger partial charge in [0.25, 0.3) is 0 Å². The number of esters is 1. The van der Waals surface area contributed by atoms with Crippen molar-refractivity contribution in [2.24, 2.45) is 4.99 Å². The molecule has 0 unspecified atom stereocenters. The molecule has 0 atom stereocenters. The Kier molecular flexibility index (Phi) is 3.69. The van der Waals surface area contributed by atoms with Crippen molar-refractivity contribution in [3.05, 3.63) is 65.1 Å². The Morgan fingerprint density at radius 2 is 2.05 bits per heavy atom. The van der Waals surface area contributed by atoms with Gasteiger partial charge in [-0.1, -0.05) is 25.5 Å². The van der Waals surface area contributed by atoms with Crippen LogP contribution in [0.2, 0.25) is 0 Å². The summed E-state index contributed by atoms with van der Waals surface area (Å²) in [5.41, 5.74) is 3.22. The molecule has 4 heteroatoms. The zero-order chi connectivity index (χ0) is 14.7. The van der Waals surface area contributed by atoms with E-state index in [0.717, 1.165) is 24.1 Å². The van der Waals surface area contributed by atoms with Gasteiger partial charge in [-0.15, -0.1) is 0 Å². The third-order valence-electron chi connectivity index (χ3n) is 3.27. The Hall–Kier alpha value is -2.62. The standard InChI is InChI=1S/C17H16N2O2/c1-2-4-12-6-8-13(9-7-12)16-19-15(17(20)21-16)11-14-5-3-10-18-14/h3,5-11,18H,2,4H2,1H3. The van der Waals surface area contributed by atoms with E-state index in [9.17, 15) is 4.79 Å². The minimum absolute atomic E-state index is 0.310. The van der Waals surface area contributed by atoms with Crippen molar-refractivity contribution in [2.75, 3.05) is 0 Å². The van der Waals surface area contributed by atoms with Crippen LogP contribution in [0.25, 0.3) is 6.08 Å². The minimum Gasteiger partial charge on any atom is -0.402 e. The molecule has 0 aliphatic carbocycles. The van der Waals surface area contributed by atoms with Gasteiger partial charge in [-0.05, 0) is 42.3 Å². The number of nitrogens with one attached hydrogen (secondary N) is 1. The average Bonchev–Trinajstić information content (AvgIpc) is 3.11. The predicted octanol–water partition coefficient (Wildman–Crippen LogP) is 3.31. The van der Waals surface area contributed by atoms with Crippen LogP contribution in [-0.2, 0) is 16.0 Å². The summed E-state index contributed by atoms with van der Waals surface area (Å²) in [5, 5.41) is 0. The van der Waals surface area contributed by atoms with E-state index in [1.54, 1.807) is 12.3 Å². The molecule has 0 amide bonds. The van der Waals surface area contributed by atoms with Crippen LogP contribution in [0.1, 0.15) is 30.2 Å². The second-order valence-corrected chi connectivity index (χ2v) is 4.91. The summed E-state index contributed by atoms with van der Waals surface area (Å²) in [6.07, 6.45) is 5.63. The molecule has 0 radical (unpaired) electrons. The third kappa shape index (κ3) is 2.94. The summed E-state index contributed by atoms with van der Waals surface area (Å²) in [6.45, 7) is 2.15. The van der Waals surface area contributed by atoms with Crippen LogP contribution in [0.3, 0.4) is 0 Å². The first-order valence-electron chi connectivity index (χ1n) is 7.01. The Morgan fingerprint density at radius 1 is 1.24 bits per heavy atom. The zero-order valence-electron chi connectivity index (χ0n) is 11.8. The number of carbonyl (C=O) groups excluding carboxylic acids is 1. The van der Waals surface area contributed by atoms with Crippen LogP contribution >= 0.6 is 0 Å². The first-order chi connectivity index (χ1) is 10.3. The van der Waals surface area contributed by atoms with E-state index < -0.39 is 5.97 Å². The number of carbonyl (C=O) groups is 1. The molecule has 2 heterocycles. The maximum atomic E-state index is 11.8. The molecule has 0 saturated heterocycles. The largest absolute Gasteiger partial charge is 0.402 e. The van der Waals surface area contributed by atoms with Crippen molar-refractivity contribution in [1.29, 1.82) is 0 Å². The van der Waals surface area contributed by atoms with Crippen LogP contribution in [0.15, 0.2) is 53.3 Å². The number of cyclic esters (lactones) is 1. The lowest BCUT2D eigenvalue weighted by Crippen LogP contribution is -2.05. The Bertz CT molecular complexity index is 695. The Balaban J connectivity index is 1.84. The number of aryl methyl sites for hydroxylation is 1. The normalized spacial score (nSPS) is 16.1. The minimum atomic E-state index is -0.419. The summed E-state index contributed by atoms with van der Waals surface area (Å²) < 4.78 is 5.24. The van der Waals surface area contributed by atoms with Gasteiger partial charge >= 0.3 is 5.97 Å². The van der Waals surface area contributed by atoms with Gasteiger partial charge in [0.15, 0.2) is 5.70 Å². The fraction of sp³-hybridized carbons (Fsp3) is 0.176. The number of nitrogens with zero attached hydrogens (tertiary/aromatic N) is 1. The van der Waals surface area contributed by atoms with Crippen molar-refractivity contribution < 1.29 is 9.53 Å². The summed E-state index contributed by atoms with van der Waals surface area (Å²) in [5.74, 6) is -0.0573. The lowest BCUT2D eigenvalue weighted by molar-refractivity contribution is -0.129. The van der Waals surface area contributed by atoms with Crippen molar-refractivity contribution in [3.8, 4) is 0 Å². The van der Waals surface area contributed by atoms with E-state index in [0.29, 0.717) is 11.6 Å². The fourth-order valence-corrected chi connectivity index (χ4v) is 2.22. The lowest BCUT2D eigenvalue weighted by Gasteiger charge is -2.01. The first kappa shape index (κ1) is 13.4. The highest BCUT2D eigenvalue weighted by Crippen LogP contribution is 2.19. The molecule has 1 N–H and O–H groups in total. The van der Waals surface area contributed by atoms with Crippen LogP contribution in [-0.4, -0.2) is 16.9 Å². The number of aromatic amines is 1. The van der Waals surface area contributed by atoms with Gasteiger partial charge < -0.3 is 9.72 Å². The Labute approximate surface area is 123 Å². The molecule has 106 valence electrons. The van der Waals surface area contributed by atoms with Gasteiger partial charge in [-0.25, -0.2) is 9.79 Å². The molecule has 2 aromatic rings. The number of benzene rings is 1. The van der Waals surface area contributed by atoms with Crippen LogP contribution in [0.5, 0.6) is 0 Å². The van der Waals surface area contributed by atoms with Gasteiger partial charge in [0.2, 0.25) is 5.90 Å².